The summed E-state index contributed by atoms with van der Waals surface area (Å²) in [4.78, 5) is 10.6. The van der Waals surface area contributed by atoms with E-state index in [1.54, 1.807) is 6.07 Å². The van der Waals surface area contributed by atoms with Crippen molar-refractivity contribution in [2.75, 3.05) is 5.75 Å². The first-order chi connectivity index (χ1) is 8.21. The van der Waals surface area contributed by atoms with Gasteiger partial charge in [-0.25, -0.2) is 8.42 Å². The van der Waals surface area contributed by atoms with Crippen LogP contribution in [0.2, 0.25) is 0 Å². The Labute approximate surface area is 107 Å². The molecule has 0 spiro atoms. The largest absolute Gasteiger partial charge is 0.480 e. The number of aliphatic carboxylic acids is 1. The highest BCUT2D eigenvalue weighted by Crippen LogP contribution is 2.14. The van der Waals surface area contributed by atoms with Crippen LogP contribution < -0.4 is 5.73 Å². The minimum Gasteiger partial charge on any atom is -0.480 e. The summed E-state index contributed by atoms with van der Waals surface area (Å²) in [5, 5.41) is 8.62. The maximum Gasteiger partial charge on any atom is 0.321 e. The van der Waals surface area contributed by atoms with E-state index >= 15 is 0 Å². The van der Waals surface area contributed by atoms with E-state index in [-0.39, 0.29) is 5.75 Å². The van der Waals surface area contributed by atoms with Crippen molar-refractivity contribution >= 4 is 15.8 Å². The van der Waals surface area contributed by atoms with Crippen molar-refractivity contribution in [1.29, 1.82) is 0 Å². The zero-order valence-corrected chi connectivity index (χ0v) is 11.2. The first-order valence-corrected chi connectivity index (χ1v) is 7.28. The van der Waals surface area contributed by atoms with Crippen LogP contribution in [0.15, 0.2) is 18.2 Å². The van der Waals surface area contributed by atoms with Crippen LogP contribution in [0.5, 0.6) is 0 Å². The second-order valence-corrected chi connectivity index (χ2v) is 6.54. The van der Waals surface area contributed by atoms with Gasteiger partial charge in [-0.2, -0.15) is 0 Å². The van der Waals surface area contributed by atoms with E-state index in [9.17, 15) is 13.2 Å². The third-order valence-electron chi connectivity index (χ3n) is 2.63. The number of hydrogen-bond acceptors (Lipinski definition) is 4. The summed E-state index contributed by atoms with van der Waals surface area (Å²) in [6, 6.07) is 4.16. The van der Waals surface area contributed by atoms with Gasteiger partial charge in [-0.3, -0.25) is 4.79 Å². The quantitative estimate of drug-likeness (QED) is 0.818. The molecule has 5 nitrogen and oxygen atoms in total. The van der Waals surface area contributed by atoms with E-state index < -0.39 is 27.6 Å². The molecule has 0 bridgehead atoms. The third kappa shape index (κ3) is 4.12. The molecule has 3 N–H and O–H groups in total. The SMILES string of the molecule is Cc1ccc(C)c(CS(=O)(=O)CC(N)C(=O)O)c1. The minimum atomic E-state index is -3.52. The molecule has 18 heavy (non-hydrogen) atoms. The number of aryl methyl sites for hydroxylation is 2. The summed E-state index contributed by atoms with van der Waals surface area (Å²) < 4.78 is 23.7. The fourth-order valence-electron chi connectivity index (χ4n) is 1.60. The van der Waals surface area contributed by atoms with Gasteiger partial charge in [-0.1, -0.05) is 23.8 Å². The normalized spacial score (nSPS) is 13.3. The molecule has 0 saturated carbocycles. The molecule has 1 rings (SSSR count). The number of sulfone groups is 1. The Morgan fingerprint density at radius 2 is 2.00 bits per heavy atom. The van der Waals surface area contributed by atoms with Crippen molar-refractivity contribution in [2.24, 2.45) is 5.73 Å². The smallest absolute Gasteiger partial charge is 0.321 e. The highest BCUT2D eigenvalue weighted by Gasteiger charge is 2.22. The highest BCUT2D eigenvalue weighted by molar-refractivity contribution is 7.90. The Hall–Kier alpha value is -1.40. The lowest BCUT2D eigenvalue weighted by Gasteiger charge is -2.10. The minimum absolute atomic E-state index is 0.179. The van der Waals surface area contributed by atoms with Crippen molar-refractivity contribution in [2.45, 2.75) is 25.6 Å². The van der Waals surface area contributed by atoms with Gasteiger partial charge < -0.3 is 10.8 Å². The molecule has 0 aliphatic rings. The fraction of sp³-hybridized carbons (Fsp3) is 0.417. The van der Waals surface area contributed by atoms with Crippen LogP contribution in [-0.4, -0.2) is 31.3 Å². The molecule has 0 aromatic heterocycles. The van der Waals surface area contributed by atoms with Crippen molar-refractivity contribution in [3.63, 3.8) is 0 Å². The molecule has 1 aromatic rings. The molecular weight excluding hydrogens is 254 g/mol. The molecule has 0 aliphatic heterocycles. The van der Waals surface area contributed by atoms with Crippen LogP contribution in [0.25, 0.3) is 0 Å². The van der Waals surface area contributed by atoms with Crippen molar-refractivity contribution < 1.29 is 18.3 Å². The maximum atomic E-state index is 11.8. The third-order valence-corrected chi connectivity index (χ3v) is 4.25. The maximum absolute atomic E-state index is 11.8. The van der Waals surface area contributed by atoms with E-state index in [0.29, 0.717) is 5.56 Å². The number of carboxylic acid groups (broad SMARTS) is 1. The summed E-state index contributed by atoms with van der Waals surface area (Å²) in [7, 11) is -3.52. The van der Waals surface area contributed by atoms with Gasteiger partial charge in [0.25, 0.3) is 0 Å². The van der Waals surface area contributed by atoms with E-state index in [2.05, 4.69) is 0 Å². The average Bonchev–Trinajstić information content (AvgIpc) is 2.22. The van der Waals surface area contributed by atoms with Gasteiger partial charge in [0.2, 0.25) is 0 Å². The molecule has 100 valence electrons. The van der Waals surface area contributed by atoms with Crippen LogP contribution in [-0.2, 0) is 20.4 Å². The molecule has 0 amide bonds. The Balaban J connectivity index is 2.89. The molecule has 0 aliphatic carbocycles. The molecule has 0 radical (unpaired) electrons. The van der Waals surface area contributed by atoms with Gasteiger partial charge >= 0.3 is 5.97 Å². The van der Waals surface area contributed by atoms with Crippen LogP contribution in [0.1, 0.15) is 16.7 Å². The molecule has 6 heteroatoms. The molecule has 0 heterocycles. The van der Waals surface area contributed by atoms with Crippen molar-refractivity contribution in [3.8, 4) is 0 Å². The number of nitrogens with two attached hydrogens (primary N) is 1. The predicted octanol–water partition coefficient (Wildman–Crippen LogP) is 0.630. The molecule has 1 aromatic carbocycles. The van der Waals surface area contributed by atoms with Gasteiger partial charge in [0.15, 0.2) is 9.84 Å². The number of hydrogen-bond donors (Lipinski definition) is 2. The van der Waals surface area contributed by atoms with E-state index in [0.717, 1.165) is 11.1 Å². The predicted molar refractivity (Wildman–Crippen MR) is 69.0 cm³/mol. The van der Waals surface area contributed by atoms with Gasteiger partial charge in [0, 0.05) is 0 Å². The Morgan fingerprint density at radius 3 is 2.56 bits per heavy atom. The Bertz CT molecular complexity index is 551. The second-order valence-electron chi connectivity index (χ2n) is 4.43. The van der Waals surface area contributed by atoms with E-state index in [4.69, 9.17) is 10.8 Å². The summed E-state index contributed by atoms with van der Waals surface area (Å²) >= 11 is 0. The molecule has 1 atom stereocenters. The number of benzene rings is 1. The number of carboxylic acids is 1. The van der Waals surface area contributed by atoms with Crippen LogP contribution in [0.3, 0.4) is 0 Å². The first-order valence-electron chi connectivity index (χ1n) is 5.46. The van der Waals surface area contributed by atoms with Gasteiger partial charge in [0.05, 0.1) is 11.5 Å². The van der Waals surface area contributed by atoms with Gasteiger partial charge in [-0.15, -0.1) is 0 Å². The standard InChI is InChI=1S/C12H17NO4S/c1-8-3-4-9(2)10(5-8)6-18(16,17)7-11(13)12(14)15/h3-5,11H,6-7,13H2,1-2H3,(H,14,15). The summed E-state index contributed by atoms with van der Waals surface area (Å²) in [6.45, 7) is 3.69. The van der Waals surface area contributed by atoms with Crippen LogP contribution >= 0.6 is 0 Å². The van der Waals surface area contributed by atoms with Crippen molar-refractivity contribution in [3.05, 3.63) is 34.9 Å². The second kappa shape index (κ2) is 5.49. The first kappa shape index (κ1) is 14.7. The molecule has 1 unspecified atom stereocenters. The van der Waals surface area contributed by atoms with Crippen LogP contribution in [0.4, 0.5) is 0 Å². The van der Waals surface area contributed by atoms with E-state index in [1.165, 1.54) is 0 Å². The number of rotatable bonds is 5. The molecular formula is C12H17NO4S. The molecule has 0 fully saturated rings. The zero-order chi connectivity index (χ0) is 13.9. The summed E-state index contributed by atoms with van der Waals surface area (Å²) in [6.07, 6.45) is 0. The van der Waals surface area contributed by atoms with Gasteiger partial charge in [-0.05, 0) is 25.0 Å². The molecule has 0 saturated heterocycles. The van der Waals surface area contributed by atoms with E-state index in [1.807, 2.05) is 26.0 Å². The lowest BCUT2D eigenvalue weighted by atomic mass is 10.1. The monoisotopic (exact) mass is 271 g/mol. The average molecular weight is 271 g/mol. The highest BCUT2D eigenvalue weighted by atomic mass is 32.2. The van der Waals surface area contributed by atoms with Crippen LogP contribution in [0, 0.1) is 13.8 Å². The fourth-order valence-corrected chi connectivity index (χ4v) is 3.19. The van der Waals surface area contributed by atoms with Gasteiger partial charge in [0.1, 0.15) is 6.04 Å². The number of carbonyl (C=O) groups is 1. The Morgan fingerprint density at radius 1 is 1.39 bits per heavy atom. The lowest BCUT2D eigenvalue weighted by Crippen LogP contribution is -2.37. The summed E-state index contributed by atoms with van der Waals surface area (Å²) in [5.74, 6) is -2.03. The summed E-state index contributed by atoms with van der Waals surface area (Å²) in [5.41, 5.74) is 7.77. The lowest BCUT2D eigenvalue weighted by molar-refractivity contribution is -0.137. The Kier molecular flexibility index (Phi) is 4.48. The topological polar surface area (TPSA) is 97.5 Å². The zero-order valence-electron chi connectivity index (χ0n) is 10.4. The van der Waals surface area contributed by atoms with Crippen molar-refractivity contribution in [1.82, 2.24) is 0 Å².